The summed E-state index contributed by atoms with van der Waals surface area (Å²) in [4.78, 5) is 11.6. The Bertz CT molecular complexity index is 338. The molecule has 0 radical (unpaired) electrons. The van der Waals surface area contributed by atoms with Crippen LogP contribution in [0.1, 0.15) is 26.2 Å². The van der Waals surface area contributed by atoms with E-state index >= 15 is 0 Å². The Kier molecular flexibility index (Phi) is 6.89. The molecule has 94 valence electrons. The van der Waals surface area contributed by atoms with E-state index in [0.717, 1.165) is 29.7 Å². The van der Waals surface area contributed by atoms with Crippen LogP contribution in [0.25, 0.3) is 0 Å². The highest BCUT2D eigenvalue weighted by molar-refractivity contribution is 9.10. The van der Waals surface area contributed by atoms with Crippen LogP contribution in [0.4, 0.5) is 5.69 Å². The van der Waals surface area contributed by atoms with Gasteiger partial charge in [0.25, 0.3) is 0 Å². The van der Waals surface area contributed by atoms with Gasteiger partial charge in [0.1, 0.15) is 0 Å². The number of hydrogen-bond donors (Lipinski definition) is 2. The first-order valence-corrected chi connectivity index (χ1v) is 6.78. The normalized spacial score (nSPS) is 10.2. The van der Waals surface area contributed by atoms with Crippen molar-refractivity contribution >= 4 is 27.5 Å². The predicted molar refractivity (Wildman–Crippen MR) is 75.2 cm³/mol. The van der Waals surface area contributed by atoms with Crippen LogP contribution in [0.15, 0.2) is 28.7 Å². The monoisotopic (exact) mass is 298 g/mol. The summed E-state index contributed by atoms with van der Waals surface area (Å²) < 4.78 is 1.01. The fourth-order valence-electron chi connectivity index (χ4n) is 1.39. The molecule has 0 bridgehead atoms. The fraction of sp³-hybridized carbons (Fsp3) is 0.462. The second kappa shape index (κ2) is 8.25. The van der Waals surface area contributed by atoms with Gasteiger partial charge in [-0.3, -0.25) is 4.79 Å². The minimum absolute atomic E-state index is 0.0521. The van der Waals surface area contributed by atoms with E-state index in [9.17, 15) is 4.79 Å². The molecule has 3 nitrogen and oxygen atoms in total. The third-order valence-corrected chi connectivity index (χ3v) is 2.89. The summed E-state index contributed by atoms with van der Waals surface area (Å²) in [5, 5.41) is 6.10. The van der Waals surface area contributed by atoms with Gasteiger partial charge in [-0.1, -0.05) is 29.3 Å². The van der Waals surface area contributed by atoms with Crippen LogP contribution < -0.4 is 10.6 Å². The zero-order chi connectivity index (χ0) is 12.5. The van der Waals surface area contributed by atoms with E-state index in [0.29, 0.717) is 6.42 Å². The summed E-state index contributed by atoms with van der Waals surface area (Å²) >= 11 is 3.35. The maximum atomic E-state index is 11.6. The number of hydrogen-bond acceptors (Lipinski definition) is 2. The predicted octanol–water partition coefficient (Wildman–Crippen LogP) is 3.17. The number of unbranched alkanes of at least 4 members (excludes halogenated alkanes) is 1. The van der Waals surface area contributed by atoms with Gasteiger partial charge in [-0.25, -0.2) is 0 Å². The summed E-state index contributed by atoms with van der Waals surface area (Å²) in [6.07, 6.45) is 2.85. The van der Waals surface area contributed by atoms with E-state index < -0.39 is 0 Å². The quantitative estimate of drug-likeness (QED) is 0.759. The van der Waals surface area contributed by atoms with E-state index in [1.54, 1.807) is 0 Å². The molecule has 0 spiro atoms. The minimum Gasteiger partial charge on any atom is -0.326 e. The lowest BCUT2D eigenvalue weighted by molar-refractivity contribution is -0.116. The smallest absolute Gasteiger partial charge is 0.225 e. The molecule has 1 aromatic carbocycles. The van der Waals surface area contributed by atoms with Crippen molar-refractivity contribution in [2.45, 2.75) is 26.2 Å². The van der Waals surface area contributed by atoms with E-state index in [2.05, 4.69) is 33.5 Å². The number of halogens is 1. The molecule has 0 aliphatic rings. The number of anilines is 1. The van der Waals surface area contributed by atoms with Crippen molar-refractivity contribution < 1.29 is 4.79 Å². The average molecular weight is 299 g/mol. The van der Waals surface area contributed by atoms with E-state index in [4.69, 9.17) is 0 Å². The molecule has 1 aromatic rings. The summed E-state index contributed by atoms with van der Waals surface area (Å²) in [6, 6.07) is 7.59. The molecule has 1 rings (SSSR count). The topological polar surface area (TPSA) is 41.1 Å². The van der Waals surface area contributed by atoms with Crippen LogP contribution in [0, 0.1) is 0 Å². The summed E-state index contributed by atoms with van der Waals surface area (Å²) in [5.41, 5.74) is 0.840. The number of amides is 1. The first-order chi connectivity index (χ1) is 8.22. The summed E-state index contributed by atoms with van der Waals surface area (Å²) in [6.45, 7) is 3.88. The Morgan fingerprint density at radius 1 is 1.24 bits per heavy atom. The second-order valence-electron chi connectivity index (χ2n) is 3.91. The maximum absolute atomic E-state index is 11.6. The largest absolute Gasteiger partial charge is 0.326 e. The molecule has 0 aliphatic carbocycles. The number of nitrogens with one attached hydrogen (secondary N) is 2. The molecule has 0 fully saturated rings. The standard InChI is InChI=1S/C13H19BrN2O/c1-2-3-9-15-10-8-13(17)16-12-6-4-11(14)5-7-12/h4-7,15H,2-3,8-10H2,1H3,(H,16,17). The van der Waals surface area contributed by atoms with Gasteiger partial charge in [-0.05, 0) is 37.2 Å². The van der Waals surface area contributed by atoms with Gasteiger partial charge in [0, 0.05) is 23.1 Å². The van der Waals surface area contributed by atoms with Crippen LogP contribution >= 0.6 is 15.9 Å². The van der Waals surface area contributed by atoms with E-state index in [1.165, 1.54) is 6.42 Å². The van der Waals surface area contributed by atoms with Gasteiger partial charge in [0.2, 0.25) is 5.91 Å². The molecular formula is C13H19BrN2O. The number of rotatable bonds is 7. The van der Waals surface area contributed by atoms with Crippen molar-refractivity contribution in [1.82, 2.24) is 5.32 Å². The van der Waals surface area contributed by atoms with Crippen molar-refractivity contribution in [3.63, 3.8) is 0 Å². The van der Waals surface area contributed by atoms with Gasteiger partial charge in [-0.15, -0.1) is 0 Å². The lowest BCUT2D eigenvalue weighted by Crippen LogP contribution is -2.22. The van der Waals surface area contributed by atoms with E-state index in [1.807, 2.05) is 24.3 Å². The molecular weight excluding hydrogens is 280 g/mol. The average Bonchev–Trinajstić information content (AvgIpc) is 2.32. The third kappa shape index (κ3) is 6.44. The van der Waals surface area contributed by atoms with Crippen molar-refractivity contribution in [2.75, 3.05) is 18.4 Å². The molecule has 0 aliphatic heterocycles. The Morgan fingerprint density at radius 3 is 2.59 bits per heavy atom. The maximum Gasteiger partial charge on any atom is 0.225 e. The lowest BCUT2D eigenvalue weighted by atomic mass is 10.3. The molecule has 0 heterocycles. The highest BCUT2D eigenvalue weighted by Gasteiger charge is 2.01. The zero-order valence-electron chi connectivity index (χ0n) is 10.1. The fourth-order valence-corrected chi connectivity index (χ4v) is 1.65. The minimum atomic E-state index is 0.0521. The molecule has 4 heteroatoms. The Balaban J connectivity index is 2.18. The van der Waals surface area contributed by atoms with Gasteiger partial charge < -0.3 is 10.6 Å². The zero-order valence-corrected chi connectivity index (χ0v) is 11.7. The first-order valence-electron chi connectivity index (χ1n) is 5.98. The second-order valence-corrected chi connectivity index (χ2v) is 4.82. The van der Waals surface area contributed by atoms with Crippen molar-refractivity contribution in [3.05, 3.63) is 28.7 Å². The summed E-state index contributed by atoms with van der Waals surface area (Å²) in [7, 11) is 0. The van der Waals surface area contributed by atoms with Crippen LogP contribution in [0.5, 0.6) is 0 Å². The number of benzene rings is 1. The van der Waals surface area contributed by atoms with Crippen molar-refractivity contribution in [1.29, 1.82) is 0 Å². The Labute approximate surface area is 111 Å². The van der Waals surface area contributed by atoms with Crippen molar-refractivity contribution in [2.24, 2.45) is 0 Å². The molecule has 0 unspecified atom stereocenters. The Hall–Kier alpha value is -0.870. The van der Waals surface area contributed by atoms with Gasteiger partial charge >= 0.3 is 0 Å². The molecule has 0 atom stereocenters. The molecule has 0 saturated carbocycles. The van der Waals surface area contributed by atoms with Crippen LogP contribution in [-0.4, -0.2) is 19.0 Å². The van der Waals surface area contributed by atoms with Gasteiger partial charge in [0.15, 0.2) is 0 Å². The van der Waals surface area contributed by atoms with Crippen molar-refractivity contribution in [3.8, 4) is 0 Å². The SMILES string of the molecule is CCCCNCCC(=O)Nc1ccc(Br)cc1. The van der Waals surface area contributed by atoms with Crippen LogP contribution in [-0.2, 0) is 4.79 Å². The molecule has 17 heavy (non-hydrogen) atoms. The number of carbonyl (C=O) groups excluding carboxylic acids is 1. The number of carbonyl (C=O) groups is 1. The van der Waals surface area contributed by atoms with E-state index in [-0.39, 0.29) is 5.91 Å². The highest BCUT2D eigenvalue weighted by atomic mass is 79.9. The van der Waals surface area contributed by atoms with Gasteiger partial charge in [-0.2, -0.15) is 0 Å². The van der Waals surface area contributed by atoms with Crippen LogP contribution in [0.3, 0.4) is 0 Å². The summed E-state index contributed by atoms with van der Waals surface area (Å²) in [5.74, 6) is 0.0521. The Morgan fingerprint density at radius 2 is 1.94 bits per heavy atom. The molecule has 0 aromatic heterocycles. The van der Waals surface area contributed by atoms with Gasteiger partial charge in [0.05, 0.1) is 0 Å². The van der Waals surface area contributed by atoms with Crippen LogP contribution in [0.2, 0.25) is 0 Å². The first kappa shape index (κ1) is 14.2. The molecule has 1 amide bonds. The lowest BCUT2D eigenvalue weighted by Gasteiger charge is -2.06. The third-order valence-electron chi connectivity index (χ3n) is 2.36. The molecule has 0 saturated heterocycles. The highest BCUT2D eigenvalue weighted by Crippen LogP contribution is 2.14. The molecule has 2 N–H and O–H groups in total.